The number of methoxy groups -OCH3 is 1. The average molecular weight is 327 g/mol. The lowest BCUT2D eigenvalue weighted by Gasteiger charge is -2.19. The Bertz CT molecular complexity index is 725. The molecular weight excluding hydrogens is 302 g/mol. The summed E-state index contributed by atoms with van der Waals surface area (Å²) < 4.78 is 11.2. The highest BCUT2D eigenvalue weighted by Crippen LogP contribution is 2.26. The van der Waals surface area contributed by atoms with E-state index in [0.29, 0.717) is 23.6 Å². The third kappa shape index (κ3) is 4.28. The van der Waals surface area contributed by atoms with E-state index >= 15 is 0 Å². The highest BCUT2D eigenvalue weighted by Gasteiger charge is 2.20. The third-order valence-electron chi connectivity index (χ3n) is 4.03. The number of aryl methyl sites for hydroxylation is 3. The molecule has 4 nitrogen and oxygen atoms in total. The SMILES string of the molecule is CC[C@@H](Oc1ccc(C)c(C)c1)C(=O)Nc1cc(C)ccc1OC. The summed E-state index contributed by atoms with van der Waals surface area (Å²) in [5, 5.41) is 2.91. The Labute approximate surface area is 143 Å². The Balaban J connectivity index is 2.14. The van der Waals surface area contributed by atoms with E-state index in [1.54, 1.807) is 7.11 Å². The van der Waals surface area contributed by atoms with Gasteiger partial charge in [0.1, 0.15) is 11.5 Å². The minimum absolute atomic E-state index is 0.181. The summed E-state index contributed by atoms with van der Waals surface area (Å²) in [6, 6.07) is 11.5. The lowest BCUT2D eigenvalue weighted by Crippen LogP contribution is -2.32. The standard InChI is InChI=1S/C20H25NO3/c1-6-18(24-16-9-8-14(3)15(4)12-16)20(22)21-17-11-13(2)7-10-19(17)23-5/h7-12,18H,6H2,1-5H3,(H,21,22)/t18-/m1/s1. The van der Waals surface area contributed by atoms with Gasteiger partial charge in [-0.1, -0.05) is 19.1 Å². The molecule has 0 spiro atoms. The number of ether oxygens (including phenoxy) is 2. The first kappa shape index (κ1) is 17.9. The van der Waals surface area contributed by atoms with Crippen molar-refractivity contribution in [3.63, 3.8) is 0 Å². The zero-order valence-electron chi connectivity index (χ0n) is 15.0. The van der Waals surface area contributed by atoms with Crippen LogP contribution in [-0.2, 0) is 4.79 Å². The second-order valence-corrected chi connectivity index (χ2v) is 5.95. The maximum absolute atomic E-state index is 12.6. The van der Waals surface area contributed by atoms with Crippen LogP contribution in [0.25, 0.3) is 0 Å². The predicted molar refractivity (Wildman–Crippen MR) is 97.0 cm³/mol. The van der Waals surface area contributed by atoms with Gasteiger partial charge in [0.25, 0.3) is 5.91 Å². The molecule has 0 bridgehead atoms. The summed E-state index contributed by atoms with van der Waals surface area (Å²) in [4.78, 5) is 12.6. The summed E-state index contributed by atoms with van der Waals surface area (Å²) in [5.41, 5.74) is 4.05. The van der Waals surface area contributed by atoms with Gasteiger partial charge in [0, 0.05) is 0 Å². The molecule has 0 saturated heterocycles. The van der Waals surface area contributed by atoms with E-state index in [4.69, 9.17) is 9.47 Å². The molecule has 4 heteroatoms. The van der Waals surface area contributed by atoms with Gasteiger partial charge in [-0.2, -0.15) is 0 Å². The Hall–Kier alpha value is -2.49. The summed E-state index contributed by atoms with van der Waals surface area (Å²) in [5.74, 6) is 1.16. The van der Waals surface area contributed by atoms with Crippen LogP contribution in [0, 0.1) is 20.8 Å². The molecule has 2 aromatic carbocycles. The number of anilines is 1. The van der Waals surface area contributed by atoms with Gasteiger partial charge in [-0.15, -0.1) is 0 Å². The molecule has 2 aromatic rings. The Kier molecular flexibility index (Phi) is 5.85. The number of carbonyl (C=O) groups excluding carboxylic acids is 1. The maximum atomic E-state index is 12.6. The molecule has 2 rings (SSSR count). The number of hydrogen-bond donors (Lipinski definition) is 1. The molecule has 1 atom stereocenters. The minimum atomic E-state index is -0.558. The molecule has 0 aliphatic carbocycles. The van der Waals surface area contributed by atoms with Crippen molar-refractivity contribution in [3.8, 4) is 11.5 Å². The van der Waals surface area contributed by atoms with Crippen LogP contribution in [0.2, 0.25) is 0 Å². The fourth-order valence-corrected chi connectivity index (χ4v) is 2.41. The van der Waals surface area contributed by atoms with Crippen molar-refractivity contribution in [3.05, 3.63) is 53.1 Å². The molecule has 24 heavy (non-hydrogen) atoms. The number of hydrogen-bond acceptors (Lipinski definition) is 3. The van der Waals surface area contributed by atoms with Gasteiger partial charge in [-0.05, 0) is 68.1 Å². The van der Waals surface area contributed by atoms with Crippen molar-refractivity contribution in [2.24, 2.45) is 0 Å². The van der Waals surface area contributed by atoms with E-state index in [9.17, 15) is 4.79 Å². The number of benzene rings is 2. The summed E-state index contributed by atoms with van der Waals surface area (Å²) in [6.07, 6.45) is 0.0182. The summed E-state index contributed by atoms with van der Waals surface area (Å²) in [6.45, 7) is 7.98. The van der Waals surface area contributed by atoms with Crippen LogP contribution in [0.3, 0.4) is 0 Å². The second kappa shape index (κ2) is 7.86. The largest absolute Gasteiger partial charge is 0.495 e. The van der Waals surface area contributed by atoms with E-state index in [-0.39, 0.29) is 5.91 Å². The van der Waals surface area contributed by atoms with E-state index in [0.717, 1.165) is 11.1 Å². The minimum Gasteiger partial charge on any atom is -0.495 e. The van der Waals surface area contributed by atoms with E-state index < -0.39 is 6.10 Å². The lowest BCUT2D eigenvalue weighted by atomic mass is 10.1. The smallest absolute Gasteiger partial charge is 0.265 e. The van der Waals surface area contributed by atoms with Crippen LogP contribution in [0.4, 0.5) is 5.69 Å². The zero-order valence-corrected chi connectivity index (χ0v) is 15.0. The van der Waals surface area contributed by atoms with Gasteiger partial charge < -0.3 is 14.8 Å². The summed E-state index contributed by atoms with van der Waals surface area (Å²) in [7, 11) is 1.59. The van der Waals surface area contributed by atoms with Gasteiger partial charge in [0.05, 0.1) is 12.8 Å². The highest BCUT2D eigenvalue weighted by molar-refractivity contribution is 5.95. The number of carbonyl (C=O) groups is 1. The Morgan fingerprint density at radius 3 is 2.46 bits per heavy atom. The van der Waals surface area contributed by atoms with Crippen LogP contribution in [0.15, 0.2) is 36.4 Å². The number of nitrogens with one attached hydrogen (secondary N) is 1. The topological polar surface area (TPSA) is 47.6 Å². The third-order valence-corrected chi connectivity index (χ3v) is 4.03. The number of amides is 1. The molecule has 0 fully saturated rings. The highest BCUT2D eigenvalue weighted by atomic mass is 16.5. The monoisotopic (exact) mass is 327 g/mol. The van der Waals surface area contributed by atoms with Crippen molar-refractivity contribution >= 4 is 11.6 Å². The van der Waals surface area contributed by atoms with Gasteiger partial charge in [-0.3, -0.25) is 4.79 Å². The van der Waals surface area contributed by atoms with E-state index in [1.165, 1.54) is 5.56 Å². The normalized spacial score (nSPS) is 11.7. The molecule has 0 aliphatic heterocycles. The quantitative estimate of drug-likeness (QED) is 0.854. The molecule has 1 amide bonds. The zero-order chi connectivity index (χ0) is 17.7. The van der Waals surface area contributed by atoms with Crippen molar-refractivity contribution < 1.29 is 14.3 Å². The van der Waals surface area contributed by atoms with Crippen LogP contribution in [-0.4, -0.2) is 19.1 Å². The number of rotatable bonds is 6. The van der Waals surface area contributed by atoms with E-state index in [1.807, 2.05) is 64.1 Å². The van der Waals surface area contributed by atoms with Gasteiger partial charge >= 0.3 is 0 Å². The second-order valence-electron chi connectivity index (χ2n) is 5.95. The average Bonchev–Trinajstić information content (AvgIpc) is 2.56. The van der Waals surface area contributed by atoms with E-state index in [2.05, 4.69) is 5.32 Å². The molecular formula is C20H25NO3. The molecule has 0 saturated carbocycles. The fraction of sp³-hybridized carbons (Fsp3) is 0.350. The molecule has 0 aromatic heterocycles. The fourth-order valence-electron chi connectivity index (χ4n) is 2.41. The van der Waals surface area contributed by atoms with Gasteiger partial charge in [0.2, 0.25) is 0 Å². The predicted octanol–water partition coefficient (Wildman–Crippen LogP) is 4.42. The molecule has 1 N–H and O–H groups in total. The Morgan fingerprint density at radius 2 is 1.83 bits per heavy atom. The lowest BCUT2D eigenvalue weighted by molar-refractivity contribution is -0.122. The van der Waals surface area contributed by atoms with Crippen LogP contribution < -0.4 is 14.8 Å². The molecule has 128 valence electrons. The van der Waals surface area contributed by atoms with Crippen molar-refractivity contribution in [2.75, 3.05) is 12.4 Å². The van der Waals surface area contributed by atoms with Crippen molar-refractivity contribution in [1.29, 1.82) is 0 Å². The molecule has 0 radical (unpaired) electrons. The molecule has 0 heterocycles. The first-order valence-corrected chi connectivity index (χ1v) is 8.14. The van der Waals surface area contributed by atoms with Crippen LogP contribution in [0.1, 0.15) is 30.0 Å². The summed E-state index contributed by atoms with van der Waals surface area (Å²) >= 11 is 0. The first-order chi connectivity index (χ1) is 11.4. The first-order valence-electron chi connectivity index (χ1n) is 8.14. The van der Waals surface area contributed by atoms with Crippen LogP contribution >= 0.6 is 0 Å². The van der Waals surface area contributed by atoms with Crippen molar-refractivity contribution in [2.45, 2.75) is 40.2 Å². The van der Waals surface area contributed by atoms with Crippen molar-refractivity contribution in [1.82, 2.24) is 0 Å². The molecule has 0 aliphatic rings. The molecule has 0 unspecified atom stereocenters. The van der Waals surface area contributed by atoms with Gasteiger partial charge in [0.15, 0.2) is 6.10 Å². The van der Waals surface area contributed by atoms with Gasteiger partial charge in [-0.25, -0.2) is 0 Å². The van der Waals surface area contributed by atoms with Crippen LogP contribution in [0.5, 0.6) is 11.5 Å². The maximum Gasteiger partial charge on any atom is 0.265 e. The Morgan fingerprint density at radius 1 is 1.08 bits per heavy atom.